The Bertz CT molecular complexity index is 305. The Morgan fingerprint density at radius 3 is 2.14 bits per heavy atom. The van der Waals surface area contributed by atoms with Crippen molar-refractivity contribution in [1.29, 1.82) is 0 Å². The first-order valence-electron chi connectivity index (χ1n) is 4.44. The quantitative estimate of drug-likeness (QED) is 0.772. The molecule has 84 valence electrons. The number of rotatable bonds is 4. The minimum Gasteiger partial charge on any atom is -0.330 e. The van der Waals surface area contributed by atoms with Gasteiger partial charge in [0.2, 0.25) is 5.92 Å². The fourth-order valence-electron chi connectivity index (χ4n) is 1.87. The normalized spacial score (nSPS) is 24.3. The van der Waals surface area contributed by atoms with Gasteiger partial charge >= 0.3 is 0 Å². The van der Waals surface area contributed by atoms with Gasteiger partial charge in [0.1, 0.15) is 9.84 Å². The van der Waals surface area contributed by atoms with Gasteiger partial charge in [0, 0.05) is 19.1 Å². The van der Waals surface area contributed by atoms with Gasteiger partial charge < -0.3 is 5.73 Å². The molecule has 0 aromatic carbocycles. The third-order valence-electron chi connectivity index (χ3n) is 2.70. The van der Waals surface area contributed by atoms with Crippen LogP contribution in [0.1, 0.15) is 19.3 Å². The zero-order valence-electron chi connectivity index (χ0n) is 8.09. The number of nitrogens with two attached hydrogens (primary N) is 1. The average Bonchev–Trinajstić information content (AvgIpc) is 1.95. The number of alkyl halides is 2. The van der Waals surface area contributed by atoms with Crippen LogP contribution in [0, 0.1) is 5.41 Å². The van der Waals surface area contributed by atoms with E-state index in [2.05, 4.69) is 0 Å². The van der Waals surface area contributed by atoms with E-state index in [0.29, 0.717) is 0 Å². The molecule has 1 aliphatic rings. The highest BCUT2D eigenvalue weighted by Gasteiger charge is 2.55. The van der Waals surface area contributed by atoms with E-state index in [0.717, 1.165) is 6.26 Å². The molecule has 0 aromatic heterocycles. The average molecular weight is 227 g/mol. The van der Waals surface area contributed by atoms with Crippen LogP contribution in [0.2, 0.25) is 0 Å². The first-order chi connectivity index (χ1) is 6.18. The van der Waals surface area contributed by atoms with E-state index >= 15 is 0 Å². The summed E-state index contributed by atoms with van der Waals surface area (Å²) in [6, 6.07) is 0. The second-order valence-corrected chi connectivity index (χ2v) is 6.55. The van der Waals surface area contributed by atoms with Crippen LogP contribution in [0.25, 0.3) is 0 Å². The van der Waals surface area contributed by atoms with Gasteiger partial charge in [0.05, 0.1) is 5.75 Å². The summed E-state index contributed by atoms with van der Waals surface area (Å²) in [5.41, 5.74) is 4.74. The Kier molecular flexibility index (Phi) is 2.89. The van der Waals surface area contributed by atoms with E-state index < -0.39 is 21.2 Å². The molecule has 0 spiro atoms. The predicted octanol–water partition coefficient (Wildman–Crippen LogP) is 0.795. The van der Waals surface area contributed by atoms with Gasteiger partial charge in [-0.05, 0) is 18.4 Å². The molecule has 0 amide bonds. The van der Waals surface area contributed by atoms with Crippen molar-refractivity contribution < 1.29 is 17.2 Å². The lowest BCUT2D eigenvalue weighted by molar-refractivity contribution is -0.157. The Balaban J connectivity index is 2.51. The predicted molar refractivity (Wildman–Crippen MR) is 50.0 cm³/mol. The molecule has 0 saturated heterocycles. The van der Waals surface area contributed by atoms with Crippen LogP contribution in [0.3, 0.4) is 0 Å². The Morgan fingerprint density at radius 1 is 1.36 bits per heavy atom. The molecule has 0 unspecified atom stereocenters. The fourth-order valence-corrected chi connectivity index (χ4v) is 2.67. The van der Waals surface area contributed by atoms with E-state index in [1.165, 1.54) is 0 Å². The number of hydrogen-bond donors (Lipinski definition) is 1. The molecule has 0 bridgehead atoms. The second-order valence-electron chi connectivity index (χ2n) is 4.29. The van der Waals surface area contributed by atoms with Crippen molar-refractivity contribution in [3.63, 3.8) is 0 Å². The van der Waals surface area contributed by atoms with Crippen molar-refractivity contribution in [1.82, 2.24) is 0 Å². The molecule has 6 heteroatoms. The summed E-state index contributed by atoms with van der Waals surface area (Å²) in [5.74, 6) is -2.70. The third kappa shape index (κ3) is 2.88. The maximum Gasteiger partial charge on any atom is 0.249 e. The molecule has 2 N–H and O–H groups in total. The van der Waals surface area contributed by atoms with E-state index in [4.69, 9.17) is 5.73 Å². The van der Waals surface area contributed by atoms with Crippen molar-refractivity contribution in [2.75, 3.05) is 18.6 Å². The fraction of sp³-hybridized carbons (Fsp3) is 1.00. The van der Waals surface area contributed by atoms with E-state index in [9.17, 15) is 17.2 Å². The van der Waals surface area contributed by atoms with E-state index in [1.807, 2.05) is 0 Å². The summed E-state index contributed by atoms with van der Waals surface area (Å²) in [7, 11) is -3.08. The number of sulfone groups is 1. The molecule has 1 saturated carbocycles. The molecule has 14 heavy (non-hydrogen) atoms. The largest absolute Gasteiger partial charge is 0.330 e. The van der Waals surface area contributed by atoms with Crippen LogP contribution in [0.5, 0.6) is 0 Å². The lowest BCUT2D eigenvalue weighted by Gasteiger charge is -2.46. The molecular weight excluding hydrogens is 212 g/mol. The minimum absolute atomic E-state index is 0.0553. The second kappa shape index (κ2) is 3.41. The Labute approximate surface area is 82.6 Å². The van der Waals surface area contributed by atoms with Crippen molar-refractivity contribution in [2.45, 2.75) is 25.2 Å². The van der Waals surface area contributed by atoms with Gasteiger partial charge in [-0.15, -0.1) is 0 Å². The molecule has 0 aromatic rings. The van der Waals surface area contributed by atoms with Crippen LogP contribution < -0.4 is 5.73 Å². The molecule has 1 fully saturated rings. The number of hydrogen-bond acceptors (Lipinski definition) is 3. The summed E-state index contributed by atoms with van der Waals surface area (Å²) in [4.78, 5) is 0. The molecular formula is C8H15F2NO2S. The van der Waals surface area contributed by atoms with Gasteiger partial charge in [0.25, 0.3) is 0 Å². The van der Waals surface area contributed by atoms with Crippen molar-refractivity contribution in [2.24, 2.45) is 11.1 Å². The Morgan fingerprint density at radius 2 is 1.86 bits per heavy atom. The van der Waals surface area contributed by atoms with Crippen LogP contribution in [-0.4, -0.2) is 32.9 Å². The van der Waals surface area contributed by atoms with Crippen LogP contribution in [-0.2, 0) is 9.84 Å². The highest BCUT2D eigenvalue weighted by molar-refractivity contribution is 7.90. The van der Waals surface area contributed by atoms with Crippen LogP contribution >= 0.6 is 0 Å². The molecule has 3 nitrogen and oxygen atoms in total. The highest BCUT2D eigenvalue weighted by Crippen LogP contribution is 2.53. The first kappa shape index (κ1) is 11.8. The lowest BCUT2D eigenvalue weighted by atomic mass is 9.64. The van der Waals surface area contributed by atoms with E-state index in [-0.39, 0.29) is 31.6 Å². The van der Waals surface area contributed by atoms with Gasteiger partial charge in [-0.1, -0.05) is 0 Å². The molecule has 0 heterocycles. The smallest absolute Gasteiger partial charge is 0.249 e. The maximum absolute atomic E-state index is 12.6. The standard InChI is InChI=1S/C8H15F2NO2S/c1-14(12,13)3-2-7(6-11)4-8(9,10)5-7/h2-6,11H2,1H3. The molecule has 1 aliphatic carbocycles. The highest BCUT2D eigenvalue weighted by atomic mass is 32.2. The van der Waals surface area contributed by atoms with Gasteiger partial charge in [-0.3, -0.25) is 0 Å². The van der Waals surface area contributed by atoms with Gasteiger partial charge in [-0.2, -0.15) is 0 Å². The monoisotopic (exact) mass is 227 g/mol. The van der Waals surface area contributed by atoms with E-state index in [1.54, 1.807) is 0 Å². The van der Waals surface area contributed by atoms with Crippen molar-refractivity contribution in [3.05, 3.63) is 0 Å². The molecule has 0 aliphatic heterocycles. The van der Waals surface area contributed by atoms with Crippen molar-refractivity contribution >= 4 is 9.84 Å². The first-order valence-corrected chi connectivity index (χ1v) is 6.50. The van der Waals surface area contributed by atoms with Crippen LogP contribution in [0.4, 0.5) is 8.78 Å². The molecule has 0 radical (unpaired) electrons. The summed E-state index contributed by atoms with van der Waals surface area (Å²) in [6.07, 6.45) is 0.810. The maximum atomic E-state index is 12.6. The summed E-state index contributed by atoms with van der Waals surface area (Å²) in [6.45, 7) is 0.137. The minimum atomic E-state index is -3.08. The van der Waals surface area contributed by atoms with Crippen molar-refractivity contribution in [3.8, 4) is 0 Å². The number of halogens is 2. The third-order valence-corrected chi connectivity index (χ3v) is 3.65. The summed E-state index contributed by atoms with van der Waals surface area (Å²) >= 11 is 0. The summed E-state index contributed by atoms with van der Waals surface area (Å²) in [5, 5.41) is 0. The zero-order chi connectivity index (χ0) is 11.0. The Hall–Kier alpha value is -0.230. The zero-order valence-corrected chi connectivity index (χ0v) is 8.91. The molecule has 1 rings (SSSR count). The summed E-state index contributed by atoms with van der Waals surface area (Å²) < 4.78 is 47.0. The van der Waals surface area contributed by atoms with Gasteiger partial charge in [0.15, 0.2) is 0 Å². The van der Waals surface area contributed by atoms with Crippen LogP contribution in [0.15, 0.2) is 0 Å². The SMILES string of the molecule is CS(=O)(=O)CCC1(CN)CC(F)(F)C1. The van der Waals surface area contributed by atoms with Gasteiger partial charge in [-0.25, -0.2) is 17.2 Å². The lowest BCUT2D eigenvalue weighted by Crippen LogP contribution is -2.51. The molecule has 0 atom stereocenters. The topological polar surface area (TPSA) is 60.2 Å².